The smallest absolute Gasteiger partial charge is 0.339 e. The van der Waals surface area contributed by atoms with Crippen molar-refractivity contribution in [3.63, 3.8) is 0 Å². The molecule has 4 heterocycles. The van der Waals surface area contributed by atoms with Gasteiger partial charge in [0.15, 0.2) is 40.0 Å². The topological polar surface area (TPSA) is 245 Å². The molecule has 0 fully saturated rings. The molecule has 2 unspecified atom stereocenters. The standard InChI is InChI=1S/C38H46Cl2N6O6S.C17H16ClN5O2/c1-4-6-8-9-10-11-12-13-14-15-21-51-37(49)26-16-18-29(40)30(22-26)42-35(48)33(25(3)47)46-24-41-32-34(46)43-45-44-36(32)53-31-19-17-27(39)23-28(31)38(50)52-20-7-5-2;1-9-4-5-12(18)13(6-9)22-17(25)15(11(3)24)23-8-21-14-10(2)19-7-20-16(14)23/h16-19,22-24,33H,4-15,20-21H2,1-3H3,(H,42,48);4-8,15H,1-3H3,(H,22,25). The van der Waals surface area contributed by atoms with Crippen molar-refractivity contribution in [1.82, 2.24) is 44.5 Å². The number of aromatic nitrogens is 9. The van der Waals surface area contributed by atoms with Gasteiger partial charge < -0.3 is 20.1 Å². The predicted octanol–water partition coefficient (Wildman–Crippen LogP) is 12.3. The number of esters is 2. The van der Waals surface area contributed by atoms with E-state index in [0.717, 1.165) is 49.4 Å². The lowest BCUT2D eigenvalue weighted by molar-refractivity contribution is -0.130. The molecule has 7 aromatic rings. The fraction of sp³-hybridized carbons (Fsp3) is 0.400. The van der Waals surface area contributed by atoms with Crippen LogP contribution < -0.4 is 10.6 Å². The minimum atomic E-state index is -1.42. The Balaban J connectivity index is 0.000000326. The summed E-state index contributed by atoms with van der Waals surface area (Å²) in [5.41, 5.74) is 3.98. The monoisotopic (exact) mass is 1140 g/mol. The number of hydrogen-bond donors (Lipinski definition) is 2. The molecule has 7 rings (SSSR count). The van der Waals surface area contributed by atoms with Crippen molar-refractivity contribution in [2.45, 2.75) is 141 Å². The highest BCUT2D eigenvalue weighted by atomic mass is 35.5. The highest BCUT2D eigenvalue weighted by Gasteiger charge is 2.31. The average Bonchev–Trinajstić information content (AvgIpc) is 4.10. The van der Waals surface area contributed by atoms with Crippen LogP contribution in [0.2, 0.25) is 15.1 Å². The van der Waals surface area contributed by atoms with E-state index in [0.29, 0.717) is 37.5 Å². The van der Waals surface area contributed by atoms with Gasteiger partial charge in [-0.25, -0.2) is 29.5 Å². The van der Waals surface area contributed by atoms with Crippen molar-refractivity contribution in [3.8, 4) is 0 Å². The predicted molar refractivity (Wildman–Crippen MR) is 300 cm³/mol. The number of fused-ring (bicyclic) bond motifs is 2. The van der Waals surface area contributed by atoms with Crippen LogP contribution >= 0.6 is 46.6 Å². The van der Waals surface area contributed by atoms with Crippen molar-refractivity contribution in [3.05, 3.63) is 111 Å². The van der Waals surface area contributed by atoms with Crippen LogP contribution in [-0.2, 0) is 28.7 Å². The van der Waals surface area contributed by atoms with Crippen molar-refractivity contribution in [2.75, 3.05) is 23.8 Å². The third-order valence-electron chi connectivity index (χ3n) is 12.3. The zero-order chi connectivity index (χ0) is 56.3. The van der Waals surface area contributed by atoms with Gasteiger partial charge in [-0.05, 0) is 99.8 Å². The van der Waals surface area contributed by atoms with Gasteiger partial charge in [0.25, 0.3) is 11.8 Å². The first-order valence-corrected chi connectivity index (χ1v) is 27.7. The van der Waals surface area contributed by atoms with Gasteiger partial charge >= 0.3 is 11.9 Å². The second kappa shape index (κ2) is 29.8. The van der Waals surface area contributed by atoms with Crippen molar-refractivity contribution in [1.29, 1.82) is 0 Å². The molecule has 0 aliphatic rings. The fourth-order valence-corrected chi connectivity index (χ4v) is 9.57. The minimum absolute atomic E-state index is 0.106. The number of imidazole rings is 2. The second-order valence-corrected chi connectivity index (χ2v) is 20.7. The lowest BCUT2D eigenvalue weighted by atomic mass is 10.1. The summed E-state index contributed by atoms with van der Waals surface area (Å²) in [7, 11) is 0. The molecule has 2 amide bonds. The van der Waals surface area contributed by atoms with Gasteiger partial charge in [-0.2, -0.15) is 0 Å². The fourth-order valence-electron chi connectivity index (χ4n) is 8.15. The van der Waals surface area contributed by atoms with Crippen LogP contribution in [-0.4, -0.2) is 93.0 Å². The Morgan fingerprint density at radius 1 is 0.603 bits per heavy atom. The Morgan fingerprint density at radius 3 is 1.81 bits per heavy atom. The zero-order valence-corrected chi connectivity index (χ0v) is 47.4. The quantitative estimate of drug-likeness (QED) is 0.0291. The number of nitrogens with one attached hydrogen (secondary N) is 2. The number of ketones is 2. The van der Waals surface area contributed by atoms with Gasteiger partial charge in [-0.15, -0.1) is 10.2 Å². The Kier molecular flexibility index (Phi) is 23.0. The number of Topliss-reactive ketones (excluding diaryl/α,β-unsaturated/α-hetero) is 2. The largest absolute Gasteiger partial charge is 0.462 e. The number of nitrogens with zero attached hydrogens (tertiary/aromatic N) is 9. The van der Waals surface area contributed by atoms with Gasteiger partial charge in [-0.3, -0.25) is 28.3 Å². The molecule has 0 aliphatic carbocycles. The Labute approximate surface area is 471 Å². The van der Waals surface area contributed by atoms with Crippen molar-refractivity contribution < 1.29 is 38.2 Å². The molecular formula is C55H62Cl3N11O8S. The summed E-state index contributed by atoms with van der Waals surface area (Å²) in [6.07, 6.45) is 17.4. The summed E-state index contributed by atoms with van der Waals surface area (Å²) in [5.74, 6) is -3.18. The highest BCUT2D eigenvalue weighted by Crippen LogP contribution is 2.35. The first-order chi connectivity index (χ1) is 37.5. The van der Waals surface area contributed by atoms with Crippen LogP contribution in [0.15, 0.2) is 83.5 Å². The number of rotatable bonds is 26. The van der Waals surface area contributed by atoms with E-state index in [1.807, 2.05) is 19.9 Å². The van der Waals surface area contributed by atoms with E-state index in [2.05, 4.69) is 52.9 Å². The van der Waals surface area contributed by atoms with E-state index in [1.54, 1.807) is 31.2 Å². The molecule has 4 aromatic heterocycles. The summed E-state index contributed by atoms with van der Waals surface area (Å²) in [6, 6.07) is 12.0. The summed E-state index contributed by atoms with van der Waals surface area (Å²) < 4.78 is 13.6. The van der Waals surface area contributed by atoms with Gasteiger partial charge in [0.1, 0.15) is 17.4 Å². The first kappa shape index (κ1) is 60.4. The summed E-state index contributed by atoms with van der Waals surface area (Å²) in [4.78, 5) is 94.6. The maximum Gasteiger partial charge on any atom is 0.339 e. The second-order valence-electron chi connectivity index (χ2n) is 18.4. The summed E-state index contributed by atoms with van der Waals surface area (Å²) in [6.45, 7) is 11.0. The first-order valence-electron chi connectivity index (χ1n) is 25.7. The molecule has 0 aliphatic heterocycles. The molecule has 78 heavy (non-hydrogen) atoms. The summed E-state index contributed by atoms with van der Waals surface area (Å²) >= 11 is 19.8. The Morgan fingerprint density at radius 2 is 1.17 bits per heavy atom. The zero-order valence-electron chi connectivity index (χ0n) is 44.3. The third-order valence-corrected chi connectivity index (χ3v) is 14.2. The molecule has 0 saturated carbocycles. The van der Waals surface area contributed by atoms with Crippen LogP contribution in [0.3, 0.4) is 0 Å². The van der Waals surface area contributed by atoms with E-state index in [1.165, 1.54) is 111 Å². The molecular weight excluding hydrogens is 1080 g/mol. The lowest BCUT2D eigenvalue weighted by Crippen LogP contribution is -2.31. The van der Waals surface area contributed by atoms with Gasteiger partial charge in [0.05, 0.1) is 64.1 Å². The van der Waals surface area contributed by atoms with E-state index in [4.69, 9.17) is 44.3 Å². The number of anilines is 2. The van der Waals surface area contributed by atoms with E-state index in [-0.39, 0.29) is 57.0 Å². The molecule has 2 atom stereocenters. The molecule has 19 nitrogen and oxygen atoms in total. The average molecular weight is 1140 g/mol. The number of ether oxygens (including phenoxy) is 2. The van der Waals surface area contributed by atoms with Crippen LogP contribution in [0.25, 0.3) is 22.3 Å². The Bertz CT molecular complexity index is 3260. The SMILES string of the molecule is CC(=O)C(C(=O)Nc1cc(C)ccc1Cl)n1cnc2c(C)ncnc21.CCCCCCCCCCCCOC(=O)c1ccc(Cl)c(NC(=O)C(C(C)=O)n2cnc3c(Sc4ccc(Cl)cc4C(=O)OCCCC)nnnc32)c1. The molecule has 2 N–H and O–H groups in total. The maximum absolute atomic E-state index is 13.7. The molecule has 412 valence electrons. The number of benzene rings is 3. The minimum Gasteiger partial charge on any atom is -0.462 e. The molecule has 0 radical (unpaired) electrons. The number of carbonyl (C=O) groups is 6. The maximum atomic E-state index is 13.7. The number of halogens is 3. The van der Waals surface area contributed by atoms with Gasteiger partial charge in [0.2, 0.25) is 0 Å². The van der Waals surface area contributed by atoms with E-state index >= 15 is 0 Å². The van der Waals surface area contributed by atoms with Crippen molar-refractivity contribution in [2.24, 2.45) is 0 Å². The van der Waals surface area contributed by atoms with Crippen LogP contribution in [0.1, 0.15) is 149 Å². The number of hydrogen-bond acceptors (Lipinski definition) is 16. The third kappa shape index (κ3) is 16.3. The number of amides is 2. The van der Waals surface area contributed by atoms with Crippen LogP contribution in [0.4, 0.5) is 11.4 Å². The molecule has 3 aromatic carbocycles. The molecule has 0 saturated heterocycles. The molecule has 0 bridgehead atoms. The van der Waals surface area contributed by atoms with Gasteiger partial charge in [-0.1, -0.05) is 131 Å². The highest BCUT2D eigenvalue weighted by molar-refractivity contribution is 7.99. The molecule has 23 heteroatoms. The lowest BCUT2D eigenvalue weighted by Gasteiger charge is -2.17. The van der Waals surface area contributed by atoms with Crippen LogP contribution in [0.5, 0.6) is 0 Å². The van der Waals surface area contributed by atoms with E-state index in [9.17, 15) is 28.8 Å². The van der Waals surface area contributed by atoms with Crippen LogP contribution in [0, 0.1) is 13.8 Å². The van der Waals surface area contributed by atoms with Crippen molar-refractivity contribution >= 4 is 116 Å². The molecule has 0 spiro atoms. The van der Waals surface area contributed by atoms with Gasteiger partial charge in [0, 0.05) is 9.92 Å². The number of unbranched alkanes of at least 4 members (excludes halogenated alkanes) is 10. The summed E-state index contributed by atoms with van der Waals surface area (Å²) in [5, 5.41) is 18.6. The number of carbonyl (C=O) groups excluding carboxylic acids is 6. The normalized spacial score (nSPS) is 11.9. The van der Waals surface area contributed by atoms with E-state index < -0.39 is 41.6 Å². The number of aryl methyl sites for hydroxylation is 2. The Hall–Kier alpha value is -6.87.